The van der Waals surface area contributed by atoms with Crippen molar-refractivity contribution in [3.8, 4) is 0 Å². The summed E-state index contributed by atoms with van der Waals surface area (Å²) in [6.07, 6.45) is 11.3. The Bertz CT molecular complexity index is 300. The molecule has 3 aliphatic carbocycles. The number of allylic oxidation sites excluding steroid dienone is 2. The van der Waals surface area contributed by atoms with Crippen LogP contribution in [0.15, 0.2) is 11.1 Å². The number of hydrogen-bond donors (Lipinski definition) is 1. The van der Waals surface area contributed by atoms with Crippen LogP contribution in [-0.2, 0) is 0 Å². The predicted octanol–water partition coefficient (Wildman–Crippen LogP) is 4.37. The molecule has 1 heteroatoms. The summed E-state index contributed by atoms with van der Waals surface area (Å²) in [5.74, 6) is 1.69. The summed E-state index contributed by atoms with van der Waals surface area (Å²) in [5, 5.41) is 0. The number of rotatable bonds is 0. The molecule has 0 aliphatic heterocycles. The van der Waals surface area contributed by atoms with E-state index in [1.54, 1.807) is 0 Å². The van der Waals surface area contributed by atoms with Crippen LogP contribution in [0.25, 0.3) is 0 Å². The second kappa shape index (κ2) is 3.55. The van der Waals surface area contributed by atoms with Gasteiger partial charge in [-0.25, -0.2) is 0 Å². The maximum absolute atomic E-state index is 5.02. The molecule has 1 saturated carbocycles. The van der Waals surface area contributed by atoms with E-state index in [0.717, 1.165) is 11.8 Å². The molecule has 1 fully saturated rings. The number of hydrogen-bond acceptors (Lipinski definition) is 1. The molecule has 3 atom stereocenters. The lowest BCUT2D eigenvalue weighted by Crippen LogP contribution is -2.45. The number of fused-ring (bicyclic) bond motifs is 3. The molecule has 0 amide bonds. The SMILES string of the molecule is C[C@]1(S)C2CCCC1C1=C(CCCC1)C2. The first-order chi connectivity index (χ1) is 7.19. The van der Waals surface area contributed by atoms with E-state index in [-0.39, 0.29) is 0 Å². The van der Waals surface area contributed by atoms with Gasteiger partial charge in [-0.1, -0.05) is 17.6 Å². The summed E-state index contributed by atoms with van der Waals surface area (Å²) in [6.45, 7) is 2.41. The molecule has 3 aliphatic rings. The van der Waals surface area contributed by atoms with Crippen molar-refractivity contribution in [1.82, 2.24) is 0 Å². The molecule has 2 unspecified atom stereocenters. The van der Waals surface area contributed by atoms with Crippen LogP contribution in [0.2, 0.25) is 0 Å². The van der Waals surface area contributed by atoms with Gasteiger partial charge in [-0.05, 0) is 63.7 Å². The zero-order chi connectivity index (χ0) is 10.5. The van der Waals surface area contributed by atoms with Gasteiger partial charge in [0.05, 0.1) is 0 Å². The fourth-order valence-electron chi connectivity index (χ4n) is 4.22. The van der Waals surface area contributed by atoms with Crippen LogP contribution in [0, 0.1) is 11.8 Å². The van der Waals surface area contributed by atoms with E-state index in [1.807, 2.05) is 11.1 Å². The first-order valence-electron chi connectivity index (χ1n) is 6.63. The molecular formula is C14H22S. The third kappa shape index (κ3) is 1.50. The minimum Gasteiger partial charge on any atom is -0.172 e. The van der Waals surface area contributed by atoms with E-state index >= 15 is 0 Å². The highest BCUT2D eigenvalue weighted by atomic mass is 32.1. The van der Waals surface area contributed by atoms with Gasteiger partial charge in [0, 0.05) is 4.75 Å². The molecule has 0 nitrogen and oxygen atoms in total. The van der Waals surface area contributed by atoms with Gasteiger partial charge in [0.2, 0.25) is 0 Å². The average Bonchev–Trinajstić information content (AvgIpc) is 2.17. The normalized spacial score (nSPS) is 45.2. The molecular weight excluding hydrogens is 200 g/mol. The topological polar surface area (TPSA) is 0 Å². The zero-order valence-corrected chi connectivity index (χ0v) is 10.7. The summed E-state index contributed by atoms with van der Waals surface area (Å²) in [6, 6.07) is 0. The number of thiol groups is 1. The van der Waals surface area contributed by atoms with Crippen molar-refractivity contribution in [2.24, 2.45) is 11.8 Å². The van der Waals surface area contributed by atoms with Gasteiger partial charge in [-0.3, -0.25) is 0 Å². The standard InChI is InChI=1S/C14H22S/c1-14(15)11-6-4-8-13(14)12-7-3-2-5-10(12)9-11/h11,13,15H,2-9H2,1H3/t11?,13?,14-/m0/s1. The van der Waals surface area contributed by atoms with E-state index in [4.69, 9.17) is 12.6 Å². The largest absolute Gasteiger partial charge is 0.172 e. The summed E-state index contributed by atoms with van der Waals surface area (Å²) in [4.78, 5) is 0. The summed E-state index contributed by atoms with van der Waals surface area (Å²) in [7, 11) is 0. The van der Waals surface area contributed by atoms with Crippen LogP contribution in [0.5, 0.6) is 0 Å². The molecule has 0 aromatic rings. The van der Waals surface area contributed by atoms with Crippen molar-refractivity contribution in [1.29, 1.82) is 0 Å². The van der Waals surface area contributed by atoms with E-state index in [1.165, 1.54) is 51.4 Å². The van der Waals surface area contributed by atoms with Crippen molar-refractivity contribution in [3.63, 3.8) is 0 Å². The highest BCUT2D eigenvalue weighted by Gasteiger charge is 2.46. The molecule has 15 heavy (non-hydrogen) atoms. The van der Waals surface area contributed by atoms with Crippen molar-refractivity contribution < 1.29 is 0 Å². The van der Waals surface area contributed by atoms with Crippen LogP contribution in [0.4, 0.5) is 0 Å². The maximum Gasteiger partial charge on any atom is 0.0198 e. The van der Waals surface area contributed by atoms with Crippen molar-refractivity contribution in [2.75, 3.05) is 0 Å². The van der Waals surface area contributed by atoms with Gasteiger partial charge in [-0.2, -0.15) is 12.6 Å². The summed E-state index contributed by atoms with van der Waals surface area (Å²) < 4.78 is 0.314. The Morgan fingerprint density at radius 2 is 1.93 bits per heavy atom. The van der Waals surface area contributed by atoms with Gasteiger partial charge in [-0.15, -0.1) is 0 Å². The Kier molecular flexibility index (Phi) is 2.43. The second-order valence-corrected chi connectivity index (χ2v) is 6.91. The molecule has 0 saturated heterocycles. The van der Waals surface area contributed by atoms with Crippen molar-refractivity contribution in [2.45, 2.75) is 63.0 Å². The van der Waals surface area contributed by atoms with E-state index in [9.17, 15) is 0 Å². The molecule has 0 radical (unpaired) electrons. The molecule has 0 aromatic carbocycles. The lowest BCUT2D eigenvalue weighted by atomic mass is 9.60. The zero-order valence-electron chi connectivity index (χ0n) is 9.76. The Morgan fingerprint density at radius 3 is 2.80 bits per heavy atom. The Balaban J connectivity index is 2.01. The highest BCUT2D eigenvalue weighted by Crippen LogP contribution is 2.55. The van der Waals surface area contributed by atoms with Crippen LogP contribution in [0.1, 0.15) is 58.3 Å². The third-order valence-electron chi connectivity index (χ3n) is 5.12. The monoisotopic (exact) mass is 222 g/mol. The van der Waals surface area contributed by atoms with E-state index < -0.39 is 0 Å². The van der Waals surface area contributed by atoms with Crippen LogP contribution < -0.4 is 0 Å². The summed E-state index contributed by atoms with van der Waals surface area (Å²) >= 11 is 5.02. The van der Waals surface area contributed by atoms with Crippen LogP contribution >= 0.6 is 12.6 Å². The first-order valence-corrected chi connectivity index (χ1v) is 7.07. The smallest absolute Gasteiger partial charge is 0.0198 e. The van der Waals surface area contributed by atoms with Crippen LogP contribution in [-0.4, -0.2) is 4.75 Å². The van der Waals surface area contributed by atoms with E-state index in [0.29, 0.717) is 4.75 Å². The first kappa shape index (κ1) is 10.3. The van der Waals surface area contributed by atoms with Gasteiger partial charge >= 0.3 is 0 Å². The molecule has 84 valence electrons. The van der Waals surface area contributed by atoms with Crippen molar-refractivity contribution >= 4 is 12.6 Å². The Morgan fingerprint density at radius 1 is 1.13 bits per heavy atom. The van der Waals surface area contributed by atoms with Gasteiger partial charge in [0.1, 0.15) is 0 Å². The van der Waals surface area contributed by atoms with Crippen LogP contribution in [0.3, 0.4) is 0 Å². The fourth-order valence-corrected chi connectivity index (χ4v) is 4.72. The molecule has 3 rings (SSSR count). The van der Waals surface area contributed by atoms with E-state index in [2.05, 4.69) is 6.92 Å². The molecule has 0 aromatic heterocycles. The minimum absolute atomic E-state index is 0.314. The highest BCUT2D eigenvalue weighted by molar-refractivity contribution is 7.81. The molecule has 0 N–H and O–H groups in total. The lowest BCUT2D eigenvalue weighted by Gasteiger charge is -2.51. The molecule has 2 bridgehead atoms. The molecule has 0 heterocycles. The third-order valence-corrected chi connectivity index (χ3v) is 5.80. The van der Waals surface area contributed by atoms with Gasteiger partial charge in [0.15, 0.2) is 0 Å². The predicted molar refractivity (Wildman–Crippen MR) is 68.3 cm³/mol. The maximum atomic E-state index is 5.02. The quantitative estimate of drug-likeness (QED) is 0.457. The lowest BCUT2D eigenvalue weighted by molar-refractivity contribution is 0.197. The fraction of sp³-hybridized carbons (Fsp3) is 0.857. The summed E-state index contributed by atoms with van der Waals surface area (Å²) in [5.41, 5.74) is 3.69. The minimum atomic E-state index is 0.314. The second-order valence-electron chi connectivity index (χ2n) is 5.95. The Hall–Kier alpha value is 0.0900. The van der Waals surface area contributed by atoms with Crippen molar-refractivity contribution in [3.05, 3.63) is 11.1 Å². The van der Waals surface area contributed by atoms with Gasteiger partial charge < -0.3 is 0 Å². The Labute approximate surface area is 98.9 Å². The average molecular weight is 222 g/mol. The molecule has 0 spiro atoms. The van der Waals surface area contributed by atoms with Gasteiger partial charge in [0.25, 0.3) is 0 Å².